The first-order valence-corrected chi connectivity index (χ1v) is 7.70. The number of hydrogen-bond donors (Lipinski definition) is 1. The third kappa shape index (κ3) is 3.04. The van der Waals surface area contributed by atoms with Crippen molar-refractivity contribution in [3.8, 4) is 0 Å². The number of hydrogen-bond acceptors (Lipinski definition) is 8. The zero-order valence-corrected chi connectivity index (χ0v) is 11.8. The molecule has 0 saturated heterocycles. The lowest BCUT2D eigenvalue weighted by atomic mass is 10.1. The van der Waals surface area contributed by atoms with E-state index in [1.165, 1.54) is 12.1 Å². The molecular weight excluding hydrogens is 296 g/mol. The fourth-order valence-corrected chi connectivity index (χ4v) is 2.77. The highest BCUT2D eigenvalue weighted by atomic mass is 32.2. The lowest BCUT2D eigenvalue weighted by Crippen LogP contribution is -2.30. The van der Waals surface area contributed by atoms with Gasteiger partial charge in [-0.05, 0) is 12.1 Å². The van der Waals surface area contributed by atoms with Crippen molar-refractivity contribution in [3.05, 3.63) is 35.3 Å². The zero-order chi connectivity index (χ0) is 15.0. The normalized spacial score (nSPS) is 15.9. The Labute approximate surface area is 121 Å². The lowest BCUT2D eigenvalue weighted by Gasteiger charge is -2.26. The molecule has 0 spiro atoms. The Kier molecular flexibility index (Phi) is 3.40. The second kappa shape index (κ2) is 5.10. The molecule has 0 aliphatic carbocycles. The summed E-state index contributed by atoms with van der Waals surface area (Å²) in [6.45, 7) is 1.78. The molecule has 112 valence electrons. The van der Waals surface area contributed by atoms with E-state index in [-0.39, 0.29) is 5.95 Å². The summed E-state index contributed by atoms with van der Waals surface area (Å²) in [5.74, 6) is 0.697. The Morgan fingerprint density at radius 2 is 2.24 bits per heavy atom. The van der Waals surface area contributed by atoms with Crippen LogP contribution in [0.25, 0.3) is 0 Å². The predicted molar refractivity (Wildman–Crippen MR) is 70.9 cm³/mol. The number of nitrogens with zero attached hydrogens (tertiary/aromatic N) is 3. The van der Waals surface area contributed by atoms with Gasteiger partial charge in [-0.1, -0.05) is 0 Å². The first-order valence-electron chi connectivity index (χ1n) is 6.29. The highest BCUT2D eigenvalue weighted by Gasteiger charge is 2.19. The number of anilines is 1. The Hall–Kier alpha value is -1.97. The van der Waals surface area contributed by atoms with E-state index >= 15 is 0 Å². The Morgan fingerprint density at radius 3 is 2.95 bits per heavy atom. The number of furan rings is 1. The molecule has 0 bridgehead atoms. The van der Waals surface area contributed by atoms with Crippen LogP contribution in [0.5, 0.6) is 0 Å². The zero-order valence-electron chi connectivity index (χ0n) is 11.0. The van der Waals surface area contributed by atoms with Gasteiger partial charge in [-0.25, -0.2) is 18.4 Å². The van der Waals surface area contributed by atoms with Gasteiger partial charge >= 0.3 is 0 Å². The largest absolute Gasteiger partial charge is 0.742 e. The van der Waals surface area contributed by atoms with Crippen molar-refractivity contribution in [2.45, 2.75) is 24.6 Å². The molecule has 2 aromatic rings. The molecule has 0 unspecified atom stereocenters. The van der Waals surface area contributed by atoms with Gasteiger partial charge in [0.05, 0.1) is 12.2 Å². The number of aromatic nitrogens is 2. The van der Waals surface area contributed by atoms with E-state index in [0.29, 0.717) is 18.8 Å². The van der Waals surface area contributed by atoms with Crippen molar-refractivity contribution in [1.29, 1.82) is 0 Å². The highest BCUT2D eigenvalue weighted by Crippen LogP contribution is 2.21. The van der Waals surface area contributed by atoms with Crippen LogP contribution in [0.4, 0.5) is 5.95 Å². The van der Waals surface area contributed by atoms with Crippen LogP contribution in [-0.2, 0) is 29.6 Å². The van der Waals surface area contributed by atoms with Crippen molar-refractivity contribution in [2.24, 2.45) is 0 Å². The van der Waals surface area contributed by atoms with Gasteiger partial charge in [0.25, 0.3) is 0 Å². The number of nitrogen functional groups attached to an aromatic ring is 1. The third-order valence-corrected chi connectivity index (χ3v) is 4.01. The van der Waals surface area contributed by atoms with Gasteiger partial charge in [-0.3, -0.25) is 4.90 Å². The maximum atomic E-state index is 10.8. The van der Waals surface area contributed by atoms with E-state index < -0.39 is 15.2 Å². The molecule has 21 heavy (non-hydrogen) atoms. The van der Waals surface area contributed by atoms with E-state index in [4.69, 9.17) is 10.2 Å². The summed E-state index contributed by atoms with van der Waals surface area (Å²) in [6, 6.07) is 2.68. The minimum Gasteiger partial charge on any atom is -0.742 e. The van der Waals surface area contributed by atoms with Crippen LogP contribution in [0.15, 0.2) is 27.8 Å². The van der Waals surface area contributed by atoms with Gasteiger partial charge in [-0.15, -0.1) is 0 Å². The predicted octanol–water partition coefficient (Wildman–Crippen LogP) is 0.114. The maximum absolute atomic E-state index is 10.8. The maximum Gasteiger partial charge on any atom is 0.220 e. The molecule has 3 heterocycles. The summed E-state index contributed by atoms with van der Waals surface area (Å²) >= 11 is 0. The molecule has 0 aromatic carbocycles. The highest BCUT2D eigenvalue weighted by molar-refractivity contribution is 7.85. The average Bonchev–Trinajstić information content (AvgIpc) is 2.87. The Balaban J connectivity index is 1.73. The summed E-state index contributed by atoms with van der Waals surface area (Å²) in [5.41, 5.74) is 7.46. The van der Waals surface area contributed by atoms with Crippen LogP contribution in [0.2, 0.25) is 0 Å². The molecule has 1 aliphatic heterocycles. The smallest absolute Gasteiger partial charge is 0.220 e. The molecule has 0 saturated carbocycles. The molecule has 1 aliphatic rings. The lowest BCUT2D eigenvalue weighted by molar-refractivity contribution is 0.216. The minimum atomic E-state index is -4.55. The molecule has 2 aromatic heterocycles. The first-order chi connectivity index (χ1) is 9.91. The van der Waals surface area contributed by atoms with Crippen LogP contribution in [-0.4, -0.2) is 34.4 Å². The van der Waals surface area contributed by atoms with Crippen LogP contribution in [0.1, 0.15) is 17.0 Å². The fourth-order valence-electron chi connectivity index (χ4n) is 2.32. The van der Waals surface area contributed by atoms with Gasteiger partial charge in [0.1, 0.15) is 5.76 Å². The number of fused-ring (bicyclic) bond motifs is 1. The molecule has 0 amide bonds. The van der Waals surface area contributed by atoms with Gasteiger partial charge in [0.2, 0.25) is 11.0 Å². The van der Waals surface area contributed by atoms with Crippen molar-refractivity contribution >= 4 is 16.1 Å². The quantitative estimate of drug-likeness (QED) is 0.792. The summed E-state index contributed by atoms with van der Waals surface area (Å²) in [4.78, 5) is 10.2. The van der Waals surface area contributed by atoms with E-state index in [1.807, 2.05) is 0 Å². The molecule has 0 atom stereocenters. The Morgan fingerprint density at radius 1 is 1.43 bits per heavy atom. The third-order valence-electron chi connectivity index (χ3n) is 3.29. The standard InChI is InChI=1S/C12H14N4O4S/c13-12-14-5-8-6-16(4-3-10(8)15-12)7-9-1-2-11(20-9)21(17,18)19/h1-2,5H,3-4,6-7H2,(H2,13,14,15)(H,17,18,19)/p-1. The second-order valence-electron chi connectivity index (χ2n) is 4.84. The number of rotatable bonds is 3. The molecule has 9 heteroatoms. The van der Waals surface area contributed by atoms with Gasteiger partial charge in [0, 0.05) is 31.3 Å². The summed E-state index contributed by atoms with van der Waals surface area (Å²) in [6.07, 6.45) is 2.43. The molecule has 0 fully saturated rings. The van der Waals surface area contributed by atoms with E-state index in [1.54, 1.807) is 6.20 Å². The molecular formula is C12H13N4O4S-. The summed E-state index contributed by atoms with van der Waals surface area (Å²) in [7, 11) is -4.55. The average molecular weight is 309 g/mol. The van der Waals surface area contributed by atoms with Crippen molar-refractivity contribution in [3.63, 3.8) is 0 Å². The fraction of sp³-hybridized carbons (Fsp3) is 0.333. The van der Waals surface area contributed by atoms with Crippen molar-refractivity contribution in [2.75, 3.05) is 12.3 Å². The molecule has 2 N–H and O–H groups in total. The summed E-state index contributed by atoms with van der Waals surface area (Å²) in [5, 5.41) is -0.550. The van der Waals surface area contributed by atoms with Gasteiger partial charge in [0.15, 0.2) is 10.1 Å². The Bertz CT molecular complexity index is 771. The molecule has 8 nitrogen and oxygen atoms in total. The van der Waals surface area contributed by atoms with Gasteiger partial charge < -0.3 is 14.7 Å². The minimum absolute atomic E-state index is 0.263. The van der Waals surface area contributed by atoms with E-state index in [2.05, 4.69) is 14.9 Å². The van der Waals surface area contributed by atoms with Crippen molar-refractivity contribution < 1.29 is 17.4 Å². The van der Waals surface area contributed by atoms with E-state index in [0.717, 1.165) is 24.2 Å². The van der Waals surface area contributed by atoms with Crippen LogP contribution in [0.3, 0.4) is 0 Å². The topological polar surface area (TPSA) is 125 Å². The molecule has 3 rings (SSSR count). The van der Waals surface area contributed by atoms with Crippen molar-refractivity contribution in [1.82, 2.24) is 14.9 Å². The molecule has 0 radical (unpaired) electrons. The van der Waals surface area contributed by atoms with Crippen LogP contribution < -0.4 is 5.73 Å². The first kappa shape index (κ1) is 14.0. The monoisotopic (exact) mass is 309 g/mol. The second-order valence-corrected chi connectivity index (χ2v) is 6.15. The number of nitrogens with two attached hydrogens (primary N) is 1. The van der Waals surface area contributed by atoms with Gasteiger partial charge in [-0.2, -0.15) is 0 Å². The van der Waals surface area contributed by atoms with Crippen LogP contribution in [0, 0.1) is 0 Å². The van der Waals surface area contributed by atoms with Crippen LogP contribution >= 0.6 is 0 Å². The van der Waals surface area contributed by atoms with E-state index in [9.17, 15) is 13.0 Å². The summed E-state index contributed by atoms with van der Waals surface area (Å²) < 4.78 is 37.6. The SMILES string of the molecule is Nc1ncc2c(n1)CCN(Cc1ccc(S(=O)(=O)[O-])o1)C2.